The lowest BCUT2D eigenvalue weighted by molar-refractivity contribution is -0.143. The van der Waals surface area contributed by atoms with Crippen LogP contribution in [0, 0.1) is 5.92 Å². The molecular weight excluding hydrogens is 268 g/mol. The summed E-state index contributed by atoms with van der Waals surface area (Å²) in [5.74, 6) is -2.18. The molecular formula is C12H14N2O4S. The van der Waals surface area contributed by atoms with Crippen molar-refractivity contribution >= 4 is 29.1 Å². The van der Waals surface area contributed by atoms with Crippen LogP contribution >= 0.6 is 11.3 Å². The molecule has 2 rings (SSSR count). The first kappa shape index (κ1) is 13.5. The Labute approximate surface area is 113 Å². The van der Waals surface area contributed by atoms with Crippen molar-refractivity contribution in [2.75, 3.05) is 13.1 Å². The van der Waals surface area contributed by atoms with Crippen LogP contribution in [0.4, 0.5) is 0 Å². The molecule has 3 N–H and O–H groups in total. The van der Waals surface area contributed by atoms with Gasteiger partial charge in [-0.2, -0.15) is 0 Å². The van der Waals surface area contributed by atoms with Gasteiger partial charge in [0.25, 0.3) is 5.91 Å². The molecule has 102 valence electrons. The van der Waals surface area contributed by atoms with Crippen molar-refractivity contribution in [3.05, 3.63) is 21.9 Å². The molecule has 2 amide bonds. The zero-order valence-corrected chi connectivity index (χ0v) is 11.0. The van der Waals surface area contributed by atoms with Gasteiger partial charge >= 0.3 is 5.97 Å². The van der Waals surface area contributed by atoms with E-state index in [-0.39, 0.29) is 12.5 Å². The second-order valence-electron chi connectivity index (χ2n) is 4.49. The Morgan fingerprint density at radius 2 is 2.16 bits per heavy atom. The smallest absolute Gasteiger partial charge is 0.308 e. The Kier molecular flexibility index (Phi) is 3.84. The third-order valence-corrected chi connectivity index (χ3v) is 4.07. The van der Waals surface area contributed by atoms with Crippen LogP contribution in [0.1, 0.15) is 32.9 Å². The first-order valence-electron chi connectivity index (χ1n) is 5.89. The predicted molar refractivity (Wildman–Crippen MR) is 69.1 cm³/mol. The lowest BCUT2D eigenvalue weighted by Gasteiger charge is -2.30. The SMILES string of the molecule is NC(=O)c1csc(C(=O)N2CCC[C@H](C(=O)O)C2)c1. The summed E-state index contributed by atoms with van der Waals surface area (Å²) in [5, 5.41) is 10.5. The van der Waals surface area contributed by atoms with Crippen molar-refractivity contribution in [1.82, 2.24) is 4.90 Å². The van der Waals surface area contributed by atoms with Crippen LogP contribution in [0.25, 0.3) is 0 Å². The van der Waals surface area contributed by atoms with E-state index in [1.54, 1.807) is 0 Å². The topological polar surface area (TPSA) is 101 Å². The van der Waals surface area contributed by atoms with Crippen molar-refractivity contribution in [1.29, 1.82) is 0 Å². The molecule has 0 spiro atoms. The fourth-order valence-electron chi connectivity index (χ4n) is 2.10. The van der Waals surface area contributed by atoms with Gasteiger partial charge in [0.1, 0.15) is 0 Å². The lowest BCUT2D eigenvalue weighted by Crippen LogP contribution is -2.42. The fraction of sp³-hybridized carbons (Fsp3) is 0.417. The quantitative estimate of drug-likeness (QED) is 0.855. The summed E-state index contributed by atoms with van der Waals surface area (Å²) in [6.45, 7) is 0.768. The van der Waals surface area contributed by atoms with E-state index in [0.29, 0.717) is 29.8 Å². The summed E-state index contributed by atoms with van der Waals surface area (Å²) < 4.78 is 0. The molecule has 0 bridgehead atoms. The van der Waals surface area contributed by atoms with Gasteiger partial charge in [-0.3, -0.25) is 14.4 Å². The molecule has 7 heteroatoms. The number of hydrogen-bond acceptors (Lipinski definition) is 4. The predicted octanol–water partition coefficient (Wildman–Crippen LogP) is 0.784. The molecule has 0 aromatic carbocycles. The van der Waals surface area contributed by atoms with Crippen molar-refractivity contribution in [2.24, 2.45) is 11.7 Å². The second-order valence-corrected chi connectivity index (χ2v) is 5.40. The van der Waals surface area contributed by atoms with Gasteiger partial charge in [0.05, 0.1) is 16.4 Å². The number of thiophene rings is 1. The highest BCUT2D eigenvalue weighted by atomic mass is 32.1. The molecule has 6 nitrogen and oxygen atoms in total. The third-order valence-electron chi connectivity index (χ3n) is 3.15. The van der Waals surface area contributed by atoms with Gasteiger partial charge in [-0.15, -0.1) is 11.3 Å². The molecule has 1 atom stereocenters. The first-order valence-corrected chi connectivity index (χ1v) is 6.77. The van der Waals surface area contributed by atoms with E-state index in [1.165, 1.54) is 16.3 Å². The highest BCUT2D eigenvalue weighted by molar-refractivity contribution is 7.12. The molecule has 1 aromatic rings. The van der Waals surface area contributed by atoms with E-state index in [2.05, 4.69) is 0 Å². The highest BCUT2D eigenvalue weighted by Crippen LogP contribution is 2.22. The Bertz CT molecular complexity index is 526. The zero-order chi connectivity index (χ0) is 14.0. The van der Waals surface area contributed by atoms with Gasteiger partial charge in [0.2, 0.25) is 5.91 Å². The number of primary amides is 1. The monoisotopic (exact) mass is 282 g/mol. The van der Waals surface area contributed by atoms with E-state index in [4.69, 9.17) is 10.8 Å². The van der Waals surface area contributed by atoms with Crippen LogP contribution in [0.15, 0.2) is 11.4 Å². The summed E-state index contributed by atoms with van der Waals surface area (Å²) in [5.41, 5.74) is 5.44. The maximum absolute atomic E-state index is 12.2. The van der Waals surface area contributed by atoms with Crippen molar-refractivity contribution in [3.8, 4) is 0 Å². The molecule has 1 fully saturated rings. The number of carboxylic acid groups (broad SMARTS) is 1. The summed E-state index contributed by atoms with van der Waals surface area (Å²) >= 11 is 1.15. The summed E-state index contributed by atoms with van der Waals surface area (Å²) in [6.07, 6.45) is 1.27. The third kappa shape index (κ3) is 2.93. The molecule has 0 aliphatic carbocycles. The minimum absolute atomic E-state index is 0.220. The average molecular weight is 282 g/mol. The van der Waals surface area contributed by atoms with Crippen LogP contribution in [0.3, 0.4) is 0 Å². The minimum atomic E-state index is -0.874. The van der Waals surface area contributed by atoms with E-state index >= 15 is 0 Å². The van der Waals surface area contributed by atoms with Crippen LogP contribution in [-0.4, -0.2) is 40.9 Å². The number of amides is 2. The Morgan fingerprint density at radius 1 is 1.42 bits per heavy atom. The van der Waals surface area contributed by atoms with E-state index in [1.807, 2.05) is 0 Å². The number of nitrogens with zero attached hydrogens (tertiary/aromatic N) is 1. The number of rotatable bonds is 3. The number of likely N-dealkylation sites (tertiary alicyclic amines) is 1. The number of hydrogen-bond donors (Lipinski definition) is 2. The van der Waals surface area contributed by atoms with Gasteiger partial charge in [0.15, 0.2) is 0 Å². The average Bonchev–Trinajstić information content (AvgIpc) is 2.87. The number of piperidine rings is 1. The van der Waals surface area contributed by atoms with Crippen molar-refractivity contribution in [3.63, 3.8) is 0 Å². The summed E-state index contributed by atoms with van der Waals surface area (Å²) in [7, 11) is 0. The van der Waals surface area contributed by atoms with Gasteiger partial charge < -0.3 is 15.7 Å². The van der Waals surface area contributed by atoms with Crippen LogP contribution < -0.4 is 5.73 Å². The molecule has 0 saturated carbocycles. The summed E-state index contributed by atoms with van der Waals surface area (Å²) in [4.78, 5) is 36.1. The molecule has 19 heavy (non-hydrogen) atoms. The maximum atomic E-state index is 12.2. The largest absolute Gasteiger partial charge is 0.481 e. The minimum Gasteiger partial charge on any atom is -0.481 e. The van der Waals surface area contributed by atoms with Gasteiger partial charge in [-0.05, 0) is 18.9 Å². The number of carbonyl (C=O) groups is 3. The number of aliphatic carboxylic acids is 1. The molecule has 0 unspecified atom stereocenters. The van der Waals surface area contributed by atoms with Gasteiger partial charge in [0, 0.05) is 18.5 Å². The van der Waals surface area contributed by atoms with Crippen LogP contribution in [0.2, 0.25) is 0 Å². The Hall–Kier alpha value is -1.89. The Balaban J connectivity index is 2.10. The standard InChI is InChI=1S/C12H14N2O4S/c13-10(15)8-4-9(19-6-8)11(16)14-3-1-2-7(5-14)12(17)18/h4,6-7H,1-3,5H2,(H2,13,15)(H,17,18)/t7-/m0/s1. The van der Waals surface area contributed by atoms with Gasteiger partial charge in [-0.1, -0.05) is 0 Å². The molecule has 1 aliphatic rings. The molecule has 1 aromatic heterocycles. The Morgan fingerprint density at radius 3 is 2.74 bits per heavy atom. The molecule has 1 aliphatic heterocycles. The molecule has 1 saturated heterocycles. The number of carbonyl (C=O) groups excluding carboxylic acids is 2. The second kappa shape index (κ2) is 5.40. The first-order chi connectivity index (χ1) is 8.99. The zero-order valence-electron chi connectivity index (χ0n) is 10.2. The lowest BCUT2D eigenvalue weighted by atomic mass is 9.98. The van der Waals surface area contributed by atoms with Crippen molar-refractivity contribution in [2.45, 2.75) is 12.8 Å². The molecule has 0 radical (unpaired) electrons. The van der Waals surface area contributed by atoms with Gasteiger partial charge in [-0.25, -0.2) is 0 Å². The van der Waals surface area contributed by atoms with Crippen LogP contribution in [-0.2, 0) is 4.79 Å². The van der Waals surface area contributed by atoms with E-state index in [9.17, 15) is 14.4 Å². The van der Waals surface area contributed by atoms with Crippen LogP contribution in [0.5, 0.6) is 0 Å². The van der Waals surface area contributed by atoms with E-state index < -0.39 is 17.8 Å². The molecule has 2 heterocycles. The number of carboxylic acids is 1. The highest BCUT2D eigenvalue weighted by Gasteiger charge is 2.29. The fourth-order valence-corrected chi connectivity index (χ4v) is 2.96. The normalized spacial score (nSPS) is 19.2. The van der Waals surface area contributed by atoms with Crippen molar-refractivity contribution < 1.29 is 19.5 Å². The summed E-state index contributed by atoms with van der Waals surface area (Å²) in [6, 6.07) is 1.46. The van der Waals surface area contributed by atoms with E-state index in [0.717, 1.165) is 11.3 Å². The number of nitrogens with two attached hydrogens (primary N) is 1. The maximum Gasteiger partial charge on any atom is 0.308 e.